The van der Waals surface area contributed by atoms with Crippen LogP contribution in [0, 0.1) is 17.7 Å². The number of hydrogen-bond donors (Lipinski definition) is 5. The number of likely N-dealkylation sites (N-methyl/N-ethyl adjacent to an activating group) is 1. The molecule has 1 amide bonds. The average Bonchev–Trinajstić information content (AvgIpc) is 2.86. The highest BCUT2D eigenvalue weighted by Crippen LogP contribution is 2.53. The Hall–Kier alpha value is -4.35. The van der Waals surface area contributed by atoms with Crippen molar-refractivity contribution < 1.29 is 44.0 Å². The molecule has 0 heterocycles. The van der Waals surface area contributed by atoms with Crippen LogP contribution in [0.5, 0.6) is 5.75 Å². The summed E-state index contributed by atoms with van der Waals surface area (Å²) in [6, 6.07) is 5.49. The lowest BCUT2D eigenvalue weighted by molar-refractivity contribution is -0.153. The lowest BCUT2D eigenvalue weighted by Crippen LogP contribution is -2.65. The number of halogens is 1. The highest BCUT2D eigenvalue weighted by atomic mass is 19.1. The van der Waals surface area contributed by atoms with Crippen molar-refractivity contribution in [3.8, 4) is 16.9 Å². The van der Waals surface area contributed by atoms with Gasteiger partial charge in [-0.3, -0.25) is 24.1 Å². The van der Waals surface area contributed by atoms with Gasteiger partial charge in [0.25, 0.3) is 5.91 Å². The Balaban J connectivity index is 1.74. The van der Waals surface area contributed by atoms with Crippen LogP contribution in [0.3, 0.4) is 0 Å². The summed E-state index contributed by atoms with van der Waals surface area (Å²) in [4.78, 5) is 51.9. The van der Waals surface area contributed by atoms with E-state index in [1.807, 2.05) is 0 Å². The Morgan fingerprint density at radius 2 is 1.85 bits per heavy atom. The monoisotopic (exact) mass is 536 g/mol. The minimum Gasteiger partial charge on any atom is -0.508 e. The number of rotatable bonds is 4. The molecule has 0 spiro atoms. The molecule has 0 bridgehead atoms. The molecule has 39 heavy (non-hydrogen) atoms. The van der Waals surface area contributed by atoms with Gasteiger partial charge in [0.05, 0.1) is 17.2 Å². The largest absolute Gasteiger partial charge is 0.508 e. The van der Waals surface area contributed by atoms with Crippen LogP contribution in [0.4, 0.5) is 4.39 Å². The molecular formula is C28H25FN2O8. The second kappa shape index (κ2) is 8.85. The van der Waals surface area contributed by atoms with Crippen molar-refractivity contribution >= 4 is 29.5 Å². The zero-order valence-electron chi connectivity index (χ0n) is 20.9. The predicted octanol–water partition coefficient (Wildman–Crippen LogP) is 1.58. The van der Waals surface area contributed by atoms with E-state index in [-0.39, 0.29) is 35.3 Å². The average molecular weight is 537 g/mol. The first-order valence-corrected chi connectivity index (χ1v) is 12.1. The molecule has 202 valence electrons. The molecule has 4 atom stereocenters. The summed E-state index contributed by atoms with van der Waals surface area (Å²) in [7, 11) is 3.03. The second-order valence-corrected chi connectivity index (χ2v) is 10.3. The molecule has 0 aromatic heterocycles. The Labute approximate surface area is 221 Å². The van der Waals surface area contributed by atoms with Crippen molar-refractivity contribution in [2.24, 2.45) is 17.6 Å². The number of carbonyl (C=O) groups excluding carboxylic acids is 4. The van der Waals surface area contributed by atoms with E-state index in [1.54, 1.807) is 0 Å². The summed E-state index contributed by atoms with van der Waals surface area (Å²) in [6.45, 7) is 0. The van der Waals surface area contributed by atoms with Gasteiger partial charge < -0.3 is 26.2 Å². The van der Waals surface area contributed by atoms with Crippen LogP contribution in [0.1, 0.15) is 27.9 Å². The van der Waals surface area contributed by atoms with E-state index in [2.05, 4.69) is 0 Å². The third-order valence-corrected chi connectivity index (χ3v) is 8.04. The number of aldehydes is 1. The summed E-state index contributed by atoms with van der Waals surface area (Å²) in [5.74, 6) is -8.13. The van der Waals surface area contributed by atoms with Crippen LogP contribution >= 0.6 is 0 Å². The van der Waals surface area contributed by atoms with Gasteiger partial charge in [-0.1, -0.05) is 12.1 Å². The number of Topliss-reactive ketones (excluding diaryl/α,β-unsaturated/α-hetero) is 2. The fourth-order valence-electron chi connectivity index (χ4n) is 6.32. The number of benzene rings is 2. The van der Waals surface area contributed by atoms with Crippen molar-refractivity contribution in [2.45, 2.75) is 24.5 Å². The Bertz CT molecular complexity index is 1560. The van der Waals surface area contributed by atoms with Gasteiger partial charge in [0.15, 0.2) is 17.7 Å². The van der Waals surface area contributed by atoms with Gasteiger partial charge >= 0.3 is 0 Å². The molecule has 0 unspecified atom stereocenters. The SMILES string of the molecule is CN(C)[C@@H]1C(=O)C(C(N)=O)=C(O)[C@]2(O)C(=O)C3=C(O)c4c(O)ccc(-c5ccc(F)c(C=O)c5)c4C[C@H]3C[C@@H]12. The number of amides is 1. The number of fused-ring (bicyclic) bond motifs is 3. The summed E-state index contributed by atoms with van der Waals surface area (Å²) in [6.07, 6.45) is 0.361. The maximum Gasteiger partial charge on any atom is 0.255 e. The third kappa shape index (κ3) is 3.53. The number of phenols is 1. The normalized spacial score (nSPS) is 26.3. The van der Waals surface area contributed by atoms with Gasteiger partial charge in [-0.15, -0.1) is 0 Å². The molecule has 6 N–H and O–H groups in total. The molecule has 2 aromatic carbocycles. The fourth-order valence-corrected chi connectivity index (χ4v) is 6.32. The number of primary amides is 1. The summed E-state index contributed by atoms with van der Waals surface area (Å²) < 4.78 is 14.0. The number of nitrogens with two attached hydrogens (primary N) is 1. The standard InChI is InChI=1S/C28H25FN2O8/c1-31(2)22-16-9-12-8-15-14(11-3-5-17(29)13(7-11)10-32)4-6-18(33)20(15)23(34)19(12)25(36)28(16,39)26(37)21(24(22)35)27(30)38/h3-7,10,12,16,22,33-34,37,39H,8-9H2,1-2H3,(H2,30,38)/t12-,16-,22-,28+/m0/s1. The Morgan fingerprint density at radius 3 is 2.46 bits per heavy atom. The van der Waals surface area contributed by atoms with Gasteiger partial charge in [0.2, 0.25) is 5.78 Å². The van der Waals surface area contributed by atoms with Crippen molar-refractivity contribution in [1.29, 1.82) is 0 Å². The number of aliphatic hydroxyl groups is 3. The predicted molar refractivity (Wildman–Crippen MR) is 135 cm³/mol. The van der Waals surface area contributed by atoms with Gasteiger partial charge in [-0.05, 0) is 67.7 Å². The van der Waals surface area contributed by atoms with Crippen LogP contribution in [-0.2, 0) is 20.8 Å². The lowest BCUT2D eigenvalue weighted by Gasteiger charge is -2.50. The number of nitrogens with zero attached hydrogens (tertiary/aromatic N) is 1. The topological polar surface area (TPSA) is 178 Å². The van der Waals surface area contributed by atoms with Crippen molar-refractivity contribution in [3.05, 3.63) is 69.7 Å². The molecule has 5 rings (SSSR count). The van der Waals surface area contributed by atoms with Crippen molar-refractivity contribution in [1.82, 2.24) is 4.90 Å². The molecular weight excluding hydrogens is 511 g/mol. The van der Waals surface area contributed by atoms with E-state index in [1.165, 1.54) is 43.3 Å². The minimum absolute atomic E-state index is 0.0616. The Morgan fingerprint density at radius 1 is 1.15 bits per heavy atom. The zero-order valence-corrected chi connectivity index (χ0v) is 20.9. The van der Waals surface area contributed by atoms with Gasteiger partial charge in [-0.25, -0.2) is 4.39 Å². The van der Waals surface area contributed by atoms with Crippen molar-refractivity contribution in [2.75, 3.05) is 14.1 Å². The highest BCUT2D eigenvalue weighted by molar-refractivity contribution is 6.24. The number of phenolic OH excluding ortho intramolecular Hbond substituents is 1. The van der Waals surface area contributed by atoms with E-state index in [0.29, 0.717) is 23.0 Å². The molecule has 3 aliphatic rings. The van der Waals surface area contributed by atoms with Crippen LogP contribution in [0.15, 0.2) is 47.2 Å². The fraction of sp³-hybridized carbons (Fsp3) is 0.286. The maximum atomic E-state index is 14.0. The van der Waals surface area contributed by atoms with E-state index < -0.39 is 63.9 Å². The van der Waals surface area contributed by atoms with E-state index in [4.69, 9.17) is 5.73 Å². The zero-order chi connectivity index (χ0) is 28.5. The molecule has 0 saturated heterocycles. The number of hydrogen-bond acceptors (Lipinski definition) is 9. The molecule has 3 aliphatic carbocycles. The van der Waals surface area contributed by atoms with Gasteiger partial charge in [0, 0.05) is 11.5 Å². The molecule has 0 radical (unpaired) electrons. The minimum atomic E-state index is -2.73. The van der Waals surface area contributed by atoms with Gasteiger partial charge in [-0.2, -0.15) is 0 Å². The molecule has 11 heteroatoms. The highest BCUT2D eigenvalue weighted by Gasteiger charge is 2.64. The molecule has 1 fully saturated rings. The van der Waals surface area contributed by atoms with Crippen LogP contribution < -0.4 is 5.73 Å². The number of ketones is 2. The quantitative estimate of drug-likeness (QED) is 0.287. The molecule has 10 nitrogen and oxygen atoms in total. The van der Waals surface area contributed by atoms with E-state index in [0.717, 1.165) is 6.07 Å². The van der Waals surface area contributed by atoms with Crippen LogP contribution in [0.25, 0.3) is 16.9 Å². The molecule has 1 saturated carbocycles. The molecule has 2 aromatic rings. The second-order valence-electron chi connectivity index (χ2n) is 10.3. The van der Waals surface area contributed by atoms with Gasteiger partial charge in [0.1, 0.15) is 28.7 Å². The van der Waals surface area contributed by atoms with Crippen LogP contribution in [-0.4, -0.2) is 74.8 Å². The van der Waals surface area contributed by atoms with E-state index in [9.17, 15) is 44.0 Å². The third-order valence-electron chi connectivity index (χ3n) is 8.04. The number of carbonyl (C=O) groups is 4. The van der Waals surface area contributed by atoms with E-state index >= 15 is 0 Å². The Kier molecular flexibility index (Phi) is 5.96. The summed E-state index contributed by atoms with van der Waals surface area (Å²) >= 11 is 0. The smallest absolute Gasteiger partial charge is 0.255 e. The summed E-state index contributed by atoms with van der Waals surface area (Å²) in [5.41, 5.74) is 2.45. The molecule has 0 aliphatic heterocycles. The van der Waals surface area contributed by atoms with Crippen LogP contribution in [0.2, 0.25) is 0 Å². The number of aliphatic hydroxyl groups excluding tert-OH is 2. The first-order chi connectivity index (χ1) is 18.3. The lowest BCUT2D eigenvalue weighted by atomic mass is 9.57. The summed E-state index contributed by atoms with van der Waals surface area (Å²) in [5, 5.41) is 44.5. The van der Waals surface area contributed by atoms with Crippen molar-refractivity contribution in [3.63, 3.8) is 0 Å². The number of aromatic hydroxyl groups is 1. The first kappa shape index (κ1) is 26.3. The first-order valence-electron chi connectivity index (χ1n) is 12.1. The maximum absolute atomic E-state index is 14.0.